The Morgan fingerprint density at radius 3 is 1.45 bits per heavy atom. The summed E-state index contributed by atoms with van der Waals surface area (Å²) in [6, 6.07) is 0. The molecule has 0 aliphatic carbocycles. The van der Waals surface area contributed by atoms with Gasteiger partial charge < -0.3 is 37.4 Å². The highest BCUT2D eigenvalue weighted by atomic mass is 35.5. The number of aliphatic carboxylic acids is 3. The molecule has 2 saturated heterocycles. The minimum absolute atomic E-state index is 0. The maximum Gasteiger partial charge on any atom is 0.309 e. The van der Waals surface area contributed by atoms with E-state index in [1.165, 1.54) is 67.6 Å². The van der Waals surface area contributed by atoms with E-state index in [0.29, 0.717) is 19.3 Å². The zero-order valence-electron chi connectivity index (χ0n) is 44.8. The number of carbonyl (C=O) groups is 8. The van der Waals surface area contributed by atoms with Crippen LogP contribution in [-0.2, 0) is 43.1 Å². The highest BCUT2D eigenvalue weighted by molar-refractivity contribution is 6.07. The lowest BCUT2D eigenvalue weighted by Crippen LogP contribution is -3.05. The summed E-state index contributed by atoms with van der Waals surface area (Å²) < 4.78 is 5.12. The van der Waals surface area contributed by atoms with E-state index in [4.69, 9.17) is 4.74 Å². The number of carbonyl (C=O) groups excluding carboxylic acids is 5. The van der Waals surface area contributed by atoms with E-state index in [0.717, 1.165) is 32.2 Å². The molecule has 69 heavy (non-hydrogen) atoms. The molecule has 8 atom stereocenters. The van der Waals surface area contributed by atoms with Crippen molar-refractivity contribution in [2.75, 3.05) is 40.3 Å². The van der Waals surface area contributed by atoms with E-state index >= 15 is 0 Å². The van der Waals surface area contributed by atoms with E-state index in [-0.39, 0.29) is 56.8 Å². The van der Waals surface area contributed by atoms with Gasteiger partial charge in [-0.2, -0.15) is 0 Å². The van der Waals surface area contributed by atoms with Gasteiger partial charge in [0.15, 0.2) is 0 Å². The molecule has 16 heteroatoms. The summed E-state index contributed by atoms with van der Waals surface area (Å²) in [5.41, 5.74) is -4.56. The number of nitrogens with one attached hydrogen (secondary N) is 1. The van der Waals surface area contributed by atoms with Crippen LogP contribution in [0.3, 0.4) is 0 Å². The molecule has 0 bridgehead atoms. The normalized spacial score (nSPS) is 21.1. The summed E-state index contributed by atoms with van der Waals surface area (Å²) in [5, 5.41) is 32.1. The van der Waals surface area contributed by atoms with Crippen molar-refractivity contribution in [1.82, 2.24) is 9.80 Å². The third kappa shape index (κ3) is 16.5. The lowest BCUT2D eigenvalue weighted by molar-refractivity contribution is -0.858. The molecule has 0 aromatic rings. The van der Waals surface area contributed by atoms with Crippen LogP contribution >= 0.6 is 0 Å². The number of hydrogen-bond acceptors (Lipinski definition) is 9. The molecular formula is C53H92ClN3O12. The Bertz CT molecular complexity index is 1760. The van der Waals surface area contributed by atoms with Gasteiger partial charge in [0.05, 0.1) is 74.6 Å². The van der Waals surface area contributed by atoms with Gasteiger partial charge >= 0.3 is 23.9 Å². The van der Waals surface area contributed by atoms with Crippen molar-refractivity contribution in [2.45, 2.75) is 179 Å². The number of quaternary nitrogens is 1. The quantitative estimate of drug-likeness (QED) is 0.0402. The number of imide groups is 2. The van der Waals surface area contributed by atoms with Crippen molar-refractivity contribution in [3.05, 3.63) is 0 Å². The van der Waals surface area contributed by atoms with Crippen LogP contribution in [0, 0.1) is 69.0 Å². The number of carboxylic acid groups (broad SMARTS) is 3. The minimum Gasteiger partial charge on any atom is -1.00 e. The number of halogens is 1. The van der Waals surface area contributed by atoms with Crippen LogP contribution < -0.4 is 17.3 Å². The molecule has 4 N–H and O–H groups in total. The van der Waals surface area contributed by atoms with Crippen LogP contribution in [0.25, 0.3) is 0 Å². The number of ether oxygens (including phenoxy) is 1. The summed E-state index contributed by atoms with van der Waals surface area (Å²) in [6.07, 6.45) is 11.2. The summed E-state index contributed by atoms with van der Waals surface area (Å²) in [6.45, 7) is 22.1. The number of likely N-dealkylation sites (tertiary alicyclic amines) is 2. The fraction of sp³-hybridized carbons (Fsp3) is 0.849. The van der Waals surface area contributed by atoms with Gasteiger partial charge in [0, 0.05) is 19.5 Å². The Morgan fingerprint density at radius 2 is 1.03 bits per heavy atom. The molecular weight excluding hydrogens is 906 g/mol. The maximum absolute atomic E-state index is 14.9. The molecule has 398 valence electrons. The molecule has 0 radical (unpaired) electrons. The Morgan fingerprint density at radius 1 is 0.594 bits per heavy atom. The molecule has 0 aromatic carbocycles. The molecule has 2 fully saturated rings. The predicted molar refractivity (Wildman–Crippen MR) is 260 cm³/mol. The minimum atomic E-state index is -1.67. The van der Waals surface area contributed by atoms with Gasteiger partial charge in [0.2, 0.25) is 23.6 Å². The first kappa shape index (κ1) is 63.4. The van der Waals surface area contributed by atoms with Gasteiger partial charge in [0.1, 0.15) is 0 Å². The highest BCUT2D eigenvalue weighted by Gasteiger charge is 2.61. The van der Waals surface area contributed by atoms with Crippen molar-refractivity contribution >= 4 is 47.5 Å². The predicted octanol–water partition coefficient (Wildman–Crippen LogP) is 4.64. The first-order valence-electron chi connectivity index (χ1n) is 25.8. The monoisotopic (exact) mass is 998 g/mol. The molecule has 0 saturated carbocycles. The fourth-order valence-electron chi connectivity index (χ4n) is 11.9. The second-order valence-corrected chi connectivity index (χ2v) is 23.4. The van der Waals surface area contributed by atoms with E-state index in [1.807, 2.05) is 48.7 Å². The average molecular weight is 999 g/mol. The molecule has 2 heterocycles. The van der Waals surface area contributed by atoms with E-state index in [9.17, 15) is 53.7 Å². The zero-order valence-corrected chi connectivity index (χ0v) is 45.6. The molecule has 15 nitrogen and oxygen atoms in total. The second kappa shape index (κ2) is 27.3. The molecule has 4 amide bonds. The summed E-state index contributed by atoms with van der Waals surface area (Å²) in [5.74, 6) is -16.1. The largest absolute Gasteiger partial charge is 1.00 e. The molecule has 0 aromatic heterocycles. The zero-order chi connectivity index (χ0) is 52.1. The van der Waals surface area contributed by atoms with Gasteiger partial charge in [0.25, 0.3) is 0 Å². The molecule has 8 unspecified atom stereocenters. The Hall–Kier alpha value is -3.59. The SMILES string of the molecule is CCCCCCCCCCCCN1C(=O)C(CC(C)(C)C(C(=O)O)C(CC(C)(C)C(C(=O)O)C(C)C(=O)OCC)C(=O)O)C(C(C)(C)CC2C(=O)N(CCC[NH+](C)C)C(=O)C2C(C)(C)CC)C1=O.[Cl-]. The highest BCUT2D eigenvalue weighted by Crippen LogP contribution is 2.54. The molecule has 2 rings (SSSR count). The van der Waals surface area contributed by atoms with E-state index < -0.39 is 111 Å². The van der Waals surface area contributed by atoms with Gasteiger partial charge in [-0.1, -0.05) is 140 Å². The second-order valence-electron chi connectivity index (χ2n) is 23.4. The number of carboxylic acids is 3. The summed E-state index contributed by atoms with van der Waals surface area (Å²) in [7, 11) is 4.01. The number of hydrogen-bond donors (Lipinski definition) is 4. The van der Waals surface area contributed by atoms with Gasteiger partial charge in [-0.3, -0.25) is 48.2 Å². The third-order valence-corrected chi connectivity index (χ3v) is 15.8. The van der Waals surface area contributed by atoms with Crippen molar-refractivity contribution < 1.29 is 75.7 Å². The molecule has 2 aliphatic rings. The van der Waals surface area contributed by atoms with Crippen LogP contribution in [0.15, 0.2) is 0 Å². The first-order valence-corrected chi connectivity index (χ1v) is 25.8. The van der Waals surface area contributed by atoms with Crippen LogP contribution in [0.1, 0.15) is 179 Å². The van der Waals surface area contributed by atoms with Crippen LogP contribution in [-0.4, -0.2) is 113 Å². The number of nitrogens with zero attached hydrogens (tertiary/aromatic N) is 2. The van der Waals surface area contributed by atoms with Crippen LogP contribution in [0.2, 0.25) is 0 Å². The van der Waals surface area contributed by atoms with Crippen molar-refractivity contribution in [2.24, 2.45) is 69.0 Å². The third-order valence-electron chi connectivity index (χ3n) is 15.8. The van der Waals surface area contributed by atoms with Crippen LogP contribution in [0.5, 0.6) is 0 Å². The fourth-order valence-corrected chi connectivity index (χ4v) is 11.9. The Labute approximate surface area is 420 Å². The van der Waals surface area contributed by atoms with Crippen molar-refractivity contribution in [1.29, 1.82) is 0 Å². The van der Waals surface area contributed by atoms with Crippen LogP contribution in [0.4, 0.5) is 0 Å². The maximum atomic E-state index is 14.9. The summed E-state index contributed by atoms with van der Waals surface area (Å²) >= 11 is 0. The Balaban J connectivity index is 0.0000238. The van der Waals surface area contributed by atoms with E-state index in [1.54, 1.807) is 20.8 Å². The van der Waals surface area contributed by atoms with Gasteiger partial charge in [-0.25, -0.2) is 0 Å². The van der Waals surface area contributed by atoms with Crippen molar-refractivity contribution in [3.63, 3.8) is 0 Å². The standard InChI is InChI=1S/C53H91N3O12.ClH/c1-15-18-19-20-21-22-23-24-25-26-29-55-43(58)36(32-53(11,12)41(48(65)66)37(46(61)62)33-51(7,8)38(47(63)64)34(4)49(67)68-17-3)40(45(55)60)52(9,10)31-35-39(50(5,6)16-2)44(59)56(42(35)57)30-27-28-54(13)14;/h34-41H,15-33H2,1-14H3,(H,61,62)(H,63,64)(H,65,66);1H. The number of unbranched alkanes of at least 4 members (excludes halogenated alkanes) is 9. The number of amides is 4. The molecule has 0 spiro atoms. The van der Waals surface area contributed by atoms with Gasteiger partial charge in [-0.05, 0) is 54.3 Å². The smallest absolute Gasteiger partial charge is 0.309 e. The lowest BCUT2D eigenvalue weighted by Gasteiger charge is -2.43. The van der Waals surface area contributed by atoms with E-state index in [2.05, 4.69) is 6.92 Å². The Kier molecular flexibility index (Phi) is 25.1. The number of rotatable bonds is 33. The lowest BCUT2D eigenvalue weighted by atomic mass is 9.58. The number of esters is 1. The topological polar surface area (TPSA) is 217 Å². The van der Waals surface area contributed by atoms with Gasteiger partial charge in [-0.15, -0.1) is 0 Å². The average Bonchev–Trinajstić information content (AvgIpc) is 3.59. The summed E-state index contributed by atoms with van der Waals surface area (Å²) in [4.78, 5) is 115. The molecule has 2 aliphatic heterocycles. The first-order chi connectivity index (χ1) is 31.5. The van der Waals surface area contributed by atoms with Crippen molar-refractivity contribution in [3.8, 4) is 0 Å².